The average Bonchev–Trinajstić information content (AvgIpc) is 2.91. The molecular weight excluding hydrogens is 486 g/mol. The molecule has 1 aromatic heterocycles. The van der Waals surface area contributed by atoms with Crippen molar-refractivity contribution in [2.24, 2.45) is 17.8 Å². The Labute approximate surface area is 225 Å². The third-order valence-corrected chi connectivity index (χ3v) is 10.8. The van der Waals surface area contributed by atoms with Gasteiger partial charge in [0.2, 0.25) is 0 Å². The molecule has 0 spiro atoms. The van der Waals surface area contributed by atoms with Crippen molar-refractivity contribution in [3.05, 3.63) is 23.4 Å². The molecule has 1 saturated heterocycles. The van der Waals surface area contributed by atoms with Gasteiger partial charge in [-0.05, 0) is 93.6 Å². The lowest BCUT2D eigenvalue weighted by Crippen LogP contribution is -2.62. The van der Waals surface area contributed by atoms with Crippen LogP contribution < -0.4 is 5.32 Å². The highest BCUT2D eigenvalue weighted by Gasteiger charge is 2.57. The maximum Gasteiger partial charge on any atom is 0.306 e. The van der Waals surface area contributed by atoms with Crippen LogP contribution in [0.2, 0.25) is 0 Å². The van der Waals surface area contributed by atoms with Crippen LogP contribution in [0.4, 0.5) is 0 Å². The summed E-state index contributed by atoms with van der Waals surface area (Å²) in [5.41, 5.74) is 1.21. The van der Waals surface area contributed by atoms with E-state index in [0.717, 1.165) is 61.0 Å². The number of hydrogen-bond acceptors (Lipinski definition) is 7. The van der Waals surface area contributed by atoms with E-state index in [1.165, 1.54) is 26.4 Å². The van der Waals surface area contributed by atoms with Crippen molar-refractivity contribution in [2.75, 3.05) is 40.1 Å². The molecule has 37 heavy (non-hydrogen) atoms. The zero-order valence-electron chi connectivity index (χ0n) is 22.9. The molecular formula is C29H43N3O4S. The summed E-state index contributed by atoms with van der Waals surface area (Å²) in [5, 5.41) is 4.26. The van der Waals surface area contributed by atoms with Crippen LogP contribution in [-0.2, 0) is 19.7 Å². The number of hydrogen-bond donors (Lipinski definition) is 1. The molecule has 4 aliphatic carbocycles. The minimum Gasteiger partial charge on any atom is -0.469 e. The van der Waals surface area contributed by atoms with E-state index in [2.05, 4.69) is 12.2 Å². The minimum absolute atomic E-state index is 0.0320. The maximum absolute atomic E-state index is 14.0. The number of methoxy groups -OCH3 is 2. The lowest BCUT2D eigenvalue weighted by molar-refractivity contribution is -0.168. The zero-order chi connectivity index (χ0) is 26.2. The first-order valence-electron chi connectivity index (χ1n) is 14.1. The summed E-state index contributed by atoms with van der Waals surface area (Å²) < 4.78 is 11.1. The first-order valence-corrected chi connectivity index (χ1v) is 15.1. The van der Waals surface area contributed by atoms with Crippen LogP contribution in [0.5, 0.6) is 0 Å². The van der Waals surface area contributed by atoms with Gasteiger partial charge in [0.25, 0.3) is 5.91 Å². The van der Waals surface area contributed by atoms with Crippen molar-refractivity contribution < 1.29 is 19.1 Å². The number of carbonyl (C=O) groups excluding carboxylic acids is 2. The Morgan fingerprint density at radius 1 is 1.19 bits per heavy atom. The van der Waals surface area contributed by atoms with Crippen molar-refractivity contribution >= 4 is 23.6 Å². The molecule has 2 unspecified atom stereocenters. The molecule has 3 atom stereocenters. The number of carbonyl (C=O) groups is 2. The summed E-state index contributed by atoms with van der Waals surface area (Å²) in [6, 6.07) is 4.23. The van der Waals surface area contributed by atoms with Crippen molar-refractivity contribution in [1.82, 2.24) is 15.2 Å². The fourth-order valence-corrected chi connectivity index (χ4v) is 8.99. The van der Waals surface area contributed by atoms with Crippen molar-refractivity contribution in [1.29, 1.82) is 0 Å². The quantitative estimate of drug-likeness (QED) is 0.374. The predicted molar refractivity (Wildman–Crippen MR) is 145 cm³/mol. The van der Waals surface area contributed by atoms with Crippen LogP contribution >= 0.6 is 11.8 Å². The van der Waals surface area contributed by atoms with E-state index in [4.69, 9.17) is 14.5 Å². The maximum atomic E-state index is 14.0. The number of amides is 1. The van der Waals surface area contributed by atoms with Gasteiger partial charge in [-0.2, -0.15) is 0 Å². The van der Waals surface area contributed by atoms with Gasteiger partial charge in [0.05, 0.1) is 24.7 Å². The molecule has 4 bridgehead atoms. The molecule has 2 heterocycles. The Hall–Kier alpha value is -1.64. The second kappa shape index (κ2) is 10.9. The molecule has 204 valence electrons. The van der Waals surface area contributed by atoms with Crippen LogP contribution in [0.15, 0.2) is 17.2 Å². The van der Waals surface area contributed by atoms with Crippen LogP contribution in [0, 0.1) is 17.8 Å². The van der Waals surface area contributed by atoms with E-state index in [1.54, 1.807) is 11.8 Å². The molecule has 1 aromatic rings. The van der Waals surface area contributed by atoms with E-state index < -0.39 is 5.41 Å². The molecule has 1 N–H and O–H groups in total. The SMILES string of the molecule is CCCSc1nc([C@]2(CC(=O)OC)CCCNC2)ccc1C(=O)N(C)C1C2CC3CC1CC(OC)(C3)C2. The van der Waals surface area contributed by atoms with E-state index in [9.17, 15) is 9.59 Å². The Morgan fingerprint density at radius 3 is 2.57 bits per heavy atom. The third kappa shape index (κ3) is 5.06. The van der Waals surface area contributed by atoms with Gasteiger partial charge in [-0.15, -0.1) is 11.8 Å². The Morgan fingerprint density at radius 2 is 1.95 bits per heavy atom. The lowest BCUT2D eigenvalue weighted by atomic mass is 9.52. The first-order chi connectivity index (χ1) is 17.8. The number of piperidine rings is 1. The molecule has 5 aliphatic rings. The van der Waals surface area contributed by atoms with E-state index >= 15 is 0 Å². The second-order valence-electron chi connectivity index (χ2n) is 12.0. The predicted octanol–water partition coefficient (Wildman–Crippen LogP) is 4.43. The summed E-state index contributed by atoms with van der Waals surface area (Å²) in [6.07, 6.45) is 8.89. The van der Waals surface area contributed by atoms with E-state index in [1.807, 2.05) is 31.2 Å². The summed E-state index contributed by atoms with van der Waals surface area (Å²) in [6.45, 7) is 3.78. The topological polar surface area (TPSA) is 80.8 Å². The van der Waals surface area contributed by atoms with Crippen LogP contribution in [-0.4, -0.2) is 73.5 Å². The highest BCUT2D eigenvalue weighted by Crippen LogP contribution is 2.58. The largest absolute Gasteiger partial charge is 0.469 e. The third-order valence-electron chi connectivity index (χ3n) is 9.63. The Kier molecular flexibility index (Phi) is 7.90. The highest BCUT2D eigenvalue weighted by atomic mass is 32.2. The summed E-state index contributed by atoms with van der Waals surface area (Å²) in [5.74, 6) is 2.51. The van der Waals surface area contributed by atoms with Gasteiger partial charge in [-0.25, -0.2) is 4.98 Å². The monoisotopic (exact) mass is 529 g/mol. The molecule has 1 aliphatic heterocycles. The molecule has 6 rings (SSSR count). The second-order valence-corrected chi connectivity index (χ2v) is 13.1. The van der Waals surface area contributed by atoms with Crippen LogP contribution in [0.1, 0.15) is 80.8 Å². The smallest absolute Gasteiger partial charge is 0.306 e. The average molecular weight is 530 g/mol. The van der Waals surface area contributed by atoms with Gasteiger partial charge in [-0.3, -0.25) is 9.59 Å². The van der Waals surface area contributed by atoms with Gasteiger partial charge >= 0.3 is 5.97 Å². The molecule has 0 aromatic carbocycles. The number of pyridine rings is 1. The number of ether oxygens (including phenoxy) is 2. The van der Waals surface area contributed by atoms with E-state index in [0.29, 0.717) is 30.4 Å². The molecule has 1 amide bonds. The zero-order valence-corrected chi connectivity index (χ0v) is 23.7. The molecule has 7 nitrogen and oxygen atoms in total. The van der Waals surface area contributed by atoms with Gasteiger partial charge in [0.1, 0.15) is 5.03 Å². The van der Waals surface area contributed by atoms with Gasteiger partial charge in [-0.1, -0.05) is 6.92 Å². The fraction of sp³-hybridized carbons (Fsp3) is 0.759. The highest BCUT2D eigenvalue weighted by molar-refractivity contribution is 7.99. The normalized spacial score (nSPS) is 34.4. The number of aromatic nitrogens is 1. The van der Waals surface area contributed by atoms with Crippen LogP contribution in [0.25, 0.3) is 0 Å². The van der Waals surface area contributed by atoms with E-state index in [-0.39, 0.29) is 23.5 Å². The van der Waals surface area contributed by atoms with Crippen molar-refractivity contribution in [2.45, 2.75) is 86.8 Å². The Balaban J connectivity index is 1.43. The number of nitrogens with one attached hydrogen (secondary N) is 1. The number of thioether (sulfide) groups is 1. The number of esters is 1. The van der Waals surface area contributed by atoms with Crippen molar-refractivity contribution in [3.8, 4) is 0 Å². The lowest BCUT2D eigenvalue weighted by Gasteiger charge is -2.60. The van der Waals surface area contributed by atoms with Crippen LogP contribution in [0.3, 0.4) is 0 Å². The molecule has 5 fully saturated rings. The minimum atomic E-state index is -0.407. The number of rotatable bonds is 9. The summed E-state index contributed by atoms with van der Waals surface area (Å²) >= 11 is 1.66. The molecule has 8 heteroatoms. The summed E-state index contributed by atoms with van der Waals surface area (Å²) in [4.78, 5) is 33.6. The first kappa shape index (κ1) is 26.9. The Bertz CT molecular complexity index is 995. The molecule has 0 radical (unpaired) electrons. The van der Waals surface area contributed by atoms with Crippen molar-refractivity contribution in [3.63, 3.8) is 0 Å². The fourth-order valence-electron chi connectivity index (χ4n) is 8.11. The molecule has 4 saturated carbocycles. The standard InChI is InChI=1S/C29H43N3O4S/c1-5-11-37-26-22(7-8-23(31-26)28(17-24(33)35-3)9-6-10-30-18-28)27(34)32(2)25-20-12-19-13-21(25)16-29(14-19,15-20)36-4/h7-8,19-21,25,30H,5-6,9-18H2,1-4H3/t19?,20?,21?,25?,28-,29?/m0/s1. The van der Waals surface area contributed by atoms with Gasteiger partial charge in [0.15, 0.2) is 0 Å². The van der Waals surface area contributed by atoms with Gasteiger partial charge < -0.3 is 19.7 Å². The van der Waals surface area contributed by atoms with Gasteiger partial charge in [0, 0.05) is 37.9 Å². The summed E-state index contributed by atoms with van der Waals surface area (Å²) in [7, 11) is 5.31. The number of nitrogens with zero attached hydrogens (tertiary/aromatic N) is 2.